The van der Waals surface area contributed by atoms with Crippen LogP contribution in [0.5, 0.6) is 0 Å². The molecule has 3 fully saturated rings. The molecule has 9 nitrogen and oxygen atoms in total. The summed E-state index contributed by atoms with van der Waals surface area (Å²) < 4.78 is 1.99. The third kappa shape index (κ3) is 3.45. The van der Waals surface area contributed by atoms with Crippen molar-refractivity contribution in [3.8, 4) is 17.3 Å². The number of urea groups is 1. The summed E-state index contributed by atoms with van der Waals surface area (Å²) in [6.45, 7) is 1.53. The van der Waals surface area contributed by atoms with Crippen LogP contribution in [-0.4, -0.2) is 54.8 Å². The zero-order chi connectivity index (χ0) is 22.4. The maximum atomic E-state index is 12.8. The third-order valence-electron chi connectivity index (χ3n) is 7.93. The normalized spacial score (nSPS) is 27.2. The first-order chi connectivity index (χ1) is 16.1. The minimum atomic E-state index is -0.333. The van der Waals surface area contributed by atoms with Crippen molar-refractivity contribution in [3.05, 3.63) is 31.0 Å². The lowest BCUT2D eigenvalue weighted by Crippen LogP contribution is -2.44. The molecule has 3 atom stereocenters. The van der Waals surface area contributed by atoms with Gasteiger partial charge in [-0.1, -0.05) is 12.8 Å². The quantitative estimate of drug-likeness (QED) is 0.640. The van der Waals surface area contributed by atoms with Crippen molar-refractivity contribution >= 4 is 17.1 Å². The molecular weight excluding hydrogens is 416 g/mol. The van der Waals surface area contributed by atoms with Crippen LogP contribution in [0.3, 0.4) is 0 Å². The molecular formula is C24H28N8O. The lowest BCUT2D eigenvalue weighted by Gasteiger charge is -2.30. The van der Waals surface area contributed by atoms with Crippen molar-refractivity contribution in [2.45, 2.75) is 56.5 Å². The fraction of sp³-hybridized carbons (Fsp3) is 0.542. The van der Waals surface area contributed by atoms with E-state index < -0.39 is 0 Å². The van der Waals surface area contributed by atoms with Gasteiger partial charge in [0, 0.05) is 42.5 Å². The summed E-state index contributed by atoms with van der Waals surface area (Å²) >= 11 is 0. The number of nitrogens with one attached hydrogen (secondary N) is 2. The number of nitrogens with zero attached hydrogens (tertiary/aromatic N) is 6. The lowest BCUT2D eigenvalue weighted by molar-refractivity contribution is 0.189. The van der Waals surface area contributed by atoms with Crippen LogP contribution < -0.4 is 5.32 Å². The highest BCUT2D eigenvalue weighted by molar-refractivity contribution is 5.90. The fourth-order valence-electron chi connectivity index (χ4n) is 6.33. The van der Waals surface area contributed by atoms with Gasteiger partial charge in [-0.05, 0) is 43.6 Å². The number of aromatic amines is 1. The van der Waals surface area contributed by atoms with Gasteiger partial charge in [-0.15, -0.1) is 0 Å². The Labute approximate surface area is 192 Å². The highest BCUT2D eigenvalue weighted by Crippen LogP contribution is 2.49. The highest BCUT2D eigenvalue weighted by atomic mass is 16.2. The SMILES string of the molecule is N#CC[C@@]1(n2cc(-c3ncnc4[nH]ccc34)cn2)C[C@H]2CN(C(=O)NC3CCCC3)C[C@H]2C1. The predicted octanol–water partition coefficient (Wildman–Crippen LogP) is 3.42. The van der Waals surface area contributed by atoms with E-state index in [0.717, 1.165) is 61.1 Å². The molecule has 0 aromatic carbocycles. The van der Waals surface area contributed by atoms with Gasteiger partial charge in [-0.2, -0.15) is 10.4 Å². The first-order valence-electron chi connectivity index (χ1n) is 11.9. The van der Waals surface area contributed by atoms with E-state index in [1.165, 1.54) is 12.8 Å². The number of likely N-dealkylation sites (tertiary alicyclic amines) is 1. The van der Waals surface area contributed by atoms with Crippen molar-refractivity contribution in [2.24, 2.45) is 11.8 Å². The van der Waals surface area contributed by atoms with Gasteiger partial charge >= 0.3 is 6.03 Å². The van der Waals surface area contributed by atoms with Gasteiger partial charge < -0.3 is 15.2 Å². The molecule has 2 N–H and O–H groups in total. The van der Waals surface area contributed by atoms with Crippen molar-refractivity contribution < 1.29 is 4.79 Å². The number of nitriles is 1. The van der Waals surface area contributed by atoms with Crippen LogP contribution in [-0.2, 0) is 5.54 Å². The molecule has 6 rings (SSSR count). The number of carbonyl (C=O) groups excluding carboxylic acids is 1. The molecule has 0 radical (unpaired) electrons. The fourth-order valence-corrected chi connectivity index (χ4v) is 6.33. The number of aromatic nitrogens is 5. The standard InChI is InChI=1S/C24H28N8O/c25-7-6-24(32-14-18(11-29-32)21-20-5-8-26-22(20)28-15-27-21)9-16-12-31(13-17(16)10-24)23(33)30-19-3-1-2-4-19/h5,8,11,14-17,19H,1-4,6,9-10,12-13H2,(H,30,33)(H,26,27,28)/t16-,17+,24+. The van der Waals surface area contributed by atoms with Crippen molar-refractivity contribution in [1.82, 2.24) is 34.9 Å². The molecule has 0 unspecified atom stereocenters. The third-order valence-corrected chi connectivity index (χ3v) is 7.93. The molecule has 0 bridgehead atoms. The molecule has 2 amide bonds. The number of hydrogen-bond donors (Lipinski definition) is 2. The summed E-state index contributed by atoms with van der Waals surface area (Å²) in [5.74, 6) is 0.798. The summed E-state index contributed by atoms with van der Waals surface area (Å²) in [4.78, 5) is 26.6. The van der Waals surface area contributed by atoms with Crippen LogP contribution >= 0.6 is 0 Å². The summed E-state index contributed by atoms with van der Waals surface area (Å²) in [6.07, 6.45) is 14.0. The number of hydrogen-bond acceptors (Lipinski definition) is 5. The Morgan fingerprint density at radius 2 is 2.03 bits per heavy atom. The summed E-state index contributed by atoms with van der Waals surface area (Å²) in [7, 11) is 0. The highest BCUT2D eigenvalue weighted by Gasteiger charge is 2.51. The van der Waals surface area contributed by atoms with Crippen LogP contribution in [0.15, 0.2) is 31.0 Å². The molecule has 170 valence electrons. The first kappa shape index (κ1) is 20.2. The largest absolute Gasteiger partial charge is 0.346 e. The predicted molar refractivity (Wildman–Crippen MR) is 122 cm³/mol. The van der Waals surface area contributed by atoms with E-state index in [1.54, 1.807) is 6.33 Å². The van der Waals surface area contributed by atoms with E-state index in [9.17, 15) is 10.1 Å². The van der Waals surface area contributed by atoms with Gasteiger partial charge in [-0.3, -0.25) is 4.68 Å². The topological polar surface area (TPSA) is 116 Å². The summed E-state index contributed by atoms with van der Waals surface area (Å²) in [6, 6.07) is 4.81. The van der Waals surface area contributed by atoms with Crippen LogP contribution in [0.25, 0.3) is 22.3 Å². The van der Waals surface area contributed by atoms with Gasteiger partial charge in [0.15, 0.2) is 0 Å². The number of H-pyrrole nitrogens is 1. The molecule has 3 aromatic rings. The van der Waals surface area contributed by atoms with Gasteiger partial charge in [-0.25, -0.2) is 14.8 Å². The molecule has 1 aliphatic heterocycles. The molecule has 33 heavy (non-hydrogen) atoms. The van der Waals surface area contributed by atoms with E-state index in [-0.39, 0.29) is 11.6 Å². The van der Waals surface area contributed by atoms with Gasteiger partial charge in [0.25, 0.3) is 0 Å². The second-order valence-electron chi connectivity index (χ2n) is 9.96. The maximum absolute atomic E-state index is 12.8. The van der Waals surface area contributed by atoms with Gasteiger partial charge in [0.2, 0.25) is 0 Å². The Bertz CT molecular complexity index is 1200. The van der Waals surface area contributed by atoms with Crippen molar-refractivity contribution in [3.63, 3.8) is 0 Å². The number of fused-ring (bicyclic) bond motifs is 2. The van der Waals surface area contributed by atoms with Crippen LogP contribution in [0.1, 0.15) is 44.9 Å². The minimum Gasteiger partial charge on any atom is -0.346 e. The average Bonchev–Trinajstić information content (AvgIpc) is 3.61. The number of amides is 2. The smallest absolute Gasteiger partial charge is 0.317 e. The Hall–Kier alpha value is -3.41. The number of carbonyl (C=O) groups is 1. The molecule has 3 aromatic heterocycles. The molecule has 1 saturated heterocycles. The Morgan fingerprint density at radius 3 is 2.79 bits per heavy atom. The second kappa shape index (κ2) is 7.87. The lowest BCUT2D eigenvalue weighted by atomic mass is 9.92. The van der Waals surface area contributed by atoms with E-state index in [0.29, 0.717) is 24.3 Å². The number of rotatable bonds is 4. The van der Waals surface area contributed by atoms with Crippen LogP contribution in [0, 0.1) is 23.2 Å². The zero-order valence-corrected chi connectivity index (χ0v) is 18.6. The second-order valence-corrected chi connectivity index (χ2v) is 9.96. The van der Waals surface area contributed by atoms with E-state index in [2.05, 4.69) is 26.3 Å². The van der Waals surface area contributed by atoms with Gasteiger partial charge in [0.05, 0.1) is 29.9 Å². The van der Waals surface area contributed by atoms with Crippen molar-refractivity contribution in [2.75, 3.05) is 13.1 Å². The average molecular weight is 445 g/mol. The van der Waals surface area contributed by atoms with Gasteiger partial charge in [0.1, 0.15) is 12.0 Å². The Morgan fingerprint density at radius 1 is 1.24 bits per heavy atom. The Kier molecular flexibility index (Phi) is 4.82. The molecule has 9 heteroatoms. The molecule has 2 aliphatic carbocycles. The minimum absolute atomic E-state index is 0.0860. The first-order valence-corrected chi connectivity index (χ1v) is 11.9. The van der Waals surface area contributed by atoms with E-state index in [1.807, 2.05) is 34.2 Å². The molecule has 2 saturated carbocycles. The van der Waals surface area contributed by atoms with Crippen molar-refractivity contribution in [1.29, 1.82) is 5.26 Å². The summed E-state index contributed by atoms with van der Waals surface area (Å²) in [5, 5.41) is 18.6. The molecule has 4 heterocycles. The monoisotopic (exact) mass is 444 g/mol. The van der Waals surface area contributed by atoms with E-state index in [4.69, 9.17) is 5.10 Å². The summed E-state index contributed by atoms with van der Waals surface area (Å²) in [5.41, 5.74) is 2.23. The molecule has 0 spiro atoms. The Balaban J connectivity index is 1.21. The molecule has 3 aliphatic rings. The van der Waals surface area contributed by atoms with E-state index >= 15 is 0 Å². The van der Waals surface area contributed by atoms with Crippen LogP contribution in [0.4, 0.5) is 4.79 Å². The maximum Gasteiger partial charge on any atom is 0.317 e. The van der Waals surface area contributed by atoms with Crippen LogP contribution in [0.2, 0.25) is 0 Å². The zero-order valence-electron chi connectivity index (χ0n) is 18.6.